The van der Waals surface area contributed by atoms with Crippen molar-refractivity contribution in [3.8, 4) is 5.75 Å². The highest BCUT2D eigenvalue weighted by atomic mass is 19.2. The van der Waals surface area contributed by atoms with Gasteiger partial charge in [-0.25, -0.2) is 8.78 Å². The first-order valence-electron chi connectivity index (χ1n) is 6.92. The number of aromatic amines is 1. The van der Waals surface area contributed by atoms with Gasteiger partial charge in [-0.2, -0.15) is 0 Å². The second kappa shape index (κ2) is 5.72. The first kappa shape index (κ1) is 15.0. The molecule has 0 fully saturated rings. The molecular weight excluding hydrogens is 302 g/mol. The van der Waals surface area contributed by atoms with E-state index in [0.717, 1.165) is 23.0 Å². The molecule has 23 heavy (non-hydrogen) atoms. The van der Waals surface area contributed by atoms with E-state index >= 15 is 0 Å². The predicted molar refractivity (Wildman–Crippen MR) is 83.9 cm³/mol. The van der Waals surface area contributed by atoms with Crippen LogP contribution in [0.2, 0.25) is 0 Å². The third-order valence-electron chi connectivity index (χ3n) is 3.60. The Bertz CT molecular complexity index is 903. The Hall–Kier alpha value is -2.89. The monoisotopic (exact) mass is 316 g/mol. The molecule has 0 saturated carbocycles. The number of fused-ring (bicyclic) bond motifs is 1. The average molecular weight is 316 g/mol. The summed E-state index contributed by atoms with van der Waals surface area (Å²) in [6.07, 6.45) is 0. The molecule has 1 amide bonds. The summed E-state index contributed by atoms with van der Waals surface area (Å²) >= 11 is 0. The van der Waals surface area contributed by atoms with E-state index in [2.05, 4.69) is 10.3 Å². The van der Waals surface area contributed by atoms with Crippen molar-refractivity contribution in [3.05, 3.63) is 59.3 Å². The molecule has 4 nitrogen and oxygen atoms in total. The molecule has 3 aromatic rings. The number of halogens is 2. The lowest BCUT2D eigenvalue weighted by Crippen LogP contribution is -2.13. The molecule has 0 radical (unpaired) electrons. The van der Waals surface area contributed by atoms with E-state index in [0.29, 0.717) is 17.0 Å². The van der Waals surface area contributed by atoms with Crippen LogP contribution >= 0.6 is 0 Å². The number of anilines is 1. The van der Waals surface area contributed by atoms with E-state index in [-0.39, 0.29) is 5.69 Å². The number of carbonyl (C=O) groups excluding carboxylic acids is 1. The van der Waals surface area contributed by atoms with Crippen LogP contribution < -0.4 is 10.1 Å². The smallest absolute Gasteiger partial charge is 0.258 e. The van der Waals surface area contributed by atoms with Gasteiger partial charge in [0.05, 0.1) is 18.2 Å². The van der Waals surface area contributed by atoms with Crippen LogP contribution in [0.3, 0.4) is 0 Å². The van der Waals surface area contributed by atoms with E-state index in [1.54, 1.807) is 32.2 Å². The largest absolute Gasteiger partial charge is 0.497 e. The topological polar surface area (TPSA) is 54.1 Å². The zero-order chi connectivity index (χ0) is 16.6. The summed E-state index contributed by atoms with van der Waals surface area (Å²) in [5, 5.41) is 3.30. The molecule has 2 N–H and O–H groups in total. The lowest BCUT2D eigenvalue weighted by molar-refractivity contribution is 0.102. The van der Waals surface area contributed by atoms with Crippen molar-refractivity contribution in [3.63, 3.8) is 0 Å². The van der Waals surface area contributed by atoms with Gasteiger partial charge in [0, 0.05) is 28.9 Å². The van der Waals surface area contributed by atoms with Crippen LogP contribution in [0.1, 0.15) is 16.1 Å². The number of hydrogen-bond donors (Lipinski definition) is 2. The van der Waals surface area contributed by atoms with E-state index < -0.39 is 17.5 Å². The van der Waals surface area contributed by atoms with Gasteiger partial charge in [0.25, 0.3) is 5.91 Å². The number of hydrogen-bond acceptors (Lipinski definition) is 2. The van der Waals surface area contributed by atoms with Gasteiger partial charge >= 0.3 is 0 Å². The minimum absolute atomic E-state index is 0.191. The summed E-state index contributed by atoms with van der Waals surface area (Å²) in [5.74, 6) is -1.70. The van der Waals surface area contributed by atoms with Crippen molar-refractivity contribution >= 4 is 22.5 Å². The number of ether oxygens (including phenoxy) is 1. The Morgan fingerprint density at radius 3 is 2.61 bits per heavy atom. The molecule has 0 unspecified atom stereocenters. The third-order valence-corrected chi connectivity index (χ3v) is 3.60. The average Bonchev–Trinajstić information content (AvgIpc) is 2.85. The van der Waals surface area contributed by atoms with Gasteiger partial charge in [-0.15, -0.1) is 0 Å². The standard InChI is InChI=1S/C17H14F2N2O2/c1-9-16(12-5-4-11(23-2)8-15(12)20-9)17(22)21-10-3-6-13(18)14(19)7-10/h3-8,20H,1-2H3,(H,21,22). The highest BCUT2D eigenvalue weighted by Crippen LogP contribution is 2.27. The van der Waals surface area contributed by atoms with Crippen molar-refractivity contribution in [2.75, 3.05) is 12.4 Å². The molecule has 0 bridgehead atoms. The molecule has 0 saturated heterocycles. The maximum Gasteiger partial charge on any atom is 0.258 e. The number of rotatable bonds is 3. The summed E-state index contributed by atoms with van der Waals surface area (Å²) in [7, 11) is 1.56. The summed E-state index contributed by atoms with van der Waals surface area (Å²) in [5.41, 5.74) is 2.08. The van der Waals surface area contributed by atoms with E-state index in [1.807, 2.05) is 0 Å². The molecule has 2 aromatic carbocycles. The number of aromatic nitrogens is 1. The lowest BCUT2D eigenvalue weighted by Gasteiger charge is -2.06. The van der Waals surface area contributed by atoms with Crippen molar-refractivity contribution in [1.82, 2.24) is 4.98 Å². The molecule has 1 aromatic heterocycles. The molecule has 0 aliphatic carbocycles. The summed E-state index contributed by atoms with van der Waals surface area (Å²) in [6.45, 7) is 1.77. The molecule has 0 atom stereocenters. The van der Waals surface area contributed by atoms with Crippen LogP contribution in [0, 0.1) is 18.6 Å². The Morgan fingerprint density at radius 2 is 1.91 bits per heavy atom. The van der Waals surface area contributed by atoms with E-state index in [1.165, 1.54) is 6.07 Å². The molecule has 0 spiro atoms. The molecule has 3 rings (SSSR count). The maximum atomic E-state index is 13.2. The number of methoxy groups -OCH3 is 1. The van der Waals surface area contributed by atoms with Gasteiger partial charge in [-0.1, -0.05) is 0 Å². The van der Waals surface area contributed by atoms with Crippen LogP contribution in [0.4, 0.5) is 14.5 Å². The zero-order valence-electron chi connectivity index (χ0n) is 12.5. The fraction of sp³-hybridized carbons (Fsp3) is 0.118. The number of nitrogens with one attached hydrogen (secondary N) is 2. The van der Waals surface area contributed by atoms with Crippen molar-refractivity contribution in [1.29, 1.82) is 0 Å². The number of benzene rings is 2. The van der Waals surface area contributed by atoms with Gasteiger partial charge in [0.15, 0.2) is 11.6 Å². The van der Waals surface area contributed by atoms with Gasteiger partial charge in [0.1, 0.15) is 5.75 Å². The lowest BCUT2D eigenvalue weighted by atomic mass is 10.1. The third kappa shape index (κ3) is 2.75. The second-order valence-electron chi connectivity index (χ2n) is 5.12. The van der Waals surface area contributed by atoms with Crippen molar-refractivity contribution in [2.45, 2.75) is 6.92 Å². The van der Waals surface area contributed by atoms with Crippen LogP contribution in [-0.2, 0) is 0 Å². The first-order chi connectivity index (χ1) is 11.0. The highest BCUT2D eigenvalue weighted by Gasteiger charge is 2.17. The fourth-order valence-corrected chi connectivity index (χ4v) is 2.50. The van der Waals surface area contributed by atoms with Crippen LogP contribution in [0.15, 0.2) is 36.4 Å². The Morgan fingerprint density at radius 1 is 1.13 bits per heavy atom. The van der Waals surface area contributed by atoms with Gasteiger partial charge < -0.3 is 15.0 Å². The quantitative estimate of drug-likeness (QED) is 0.767. The molecule has 1 heterocycles. The number of amides is 1. The van der Waals surface area contributed by atoms with Gasteiger partial charge in [-0.05, 0) is 31.2 Å². The summed E-state index contributed by atoms with van der Waals surface area (Å²) in [6, 6.07) is 8.54. The minimum Gasteiger partial charge on any atom is -0.497 e. The summed E-state index contributed by atoms with van der Waals surface area (Å²) < 4.78 is 31.3. The number of aryl methyl sites for hydroxylation is 1. The van der Waals surface area contributed by atoms with Crippen molar-refractivity contribution in [2.24, 2.45) is 0 Å². The fourth-order valence-electron chi connectivity index (χ4n) is 2.50. The van der Waals surface area contributed by atoms with Gasteiger partial charge in [-0.3, -0.25) is 4.79 Å². The first-order valence-corrected chi connectivity index (χ1v) is 6.92. The Labute approximate surface area is 131 Å². The summed E-state index contributed by atoms with van der Waals surface area (Å²) in [4.78, 5) is 15.6. The van der Waals surface area contributed by atoms with E-state index in [4.69, 9.17) is 4.74 Å². The predicted octanol–water partition coefficient (Wildman–Crippen LogP) is 4.02. The SMILES string of the molecule is COc1ccc2c(C(=O)Nc3ccc(F)c(F)c3)c(C)[nH]c2c1. The normalized spacial score (nSPS) is 10.8. The van der Waals surface area contributed by atoms with Crippen LogP contribution in [0.5, 0.6) is 5.75 Å². The Balaban J connectivity index is 1.97. The molecule has 6 heteroatoms. The number of H-pyrrole nitrogens is 1. The molecule has 0 aliphatic rings. The molecular formula is C17H14F2N2O2. The molecule has 0 aliphatic heterocycles. The second-order valence-corrected chi connectivity index (χ2v) is 5.12. The van der Waals surface area contributed by atoms with Gasteiger partial charge in [0.2, 0.25) is 0 Å². The van der Waals surface area contributed by atoms with Crippen LogP contribution in [-0.4, -0.2) is 18.0 Å². The zero-order valence-corrected chi connectivity index (χ0v) is 12.5. The van der Waals surface area contributed by atoms with Crippen molar-refractivity contribution < 1.29 is 18.3 Å². The molecule has 118 valence electrons. The minimum atomic E-state index is -1.01. The van der Waals surface area contributed by atoms with Crippen LogP contribution in [0.25, 0.3) is 10.9 Å². The number of carbonyl (C=O) groups is 1. The Kier molecular flexibility index (Phi) is 3.73. The highest BCUT2D eigenvalue weighted by molar-refractivity contribution is 6.14. The van der Waals surface area contributed by atoms with E-state index in [9.17, 15) is 13.6 Å². The maximum absolute atomic E-state index is 13.2.